The summed E-state index contributed by atoms with van der Waals surface area (Å²) in [4.78, 5) is 4.25. The van der Waals surface area contributed by atoms with Crippen LogP contribution in [0.1, 0.15) is 11.1 Å². The van der Waals surface area contributed by atoms with E-state index in [1.807, 2.05) is 19.1 Å². The topological polar surface area (TPSA) is 33.1 Å². The molecule has 0 aliphatic heterocycles. The largest absolute Gasteiger partial charge is 0.380 e. The predicted molar refractivity (Wildman–Crippen MR) is 72.9 cm³/mol. The normalized spacial score (nSPS) is 11.9. The smallest absolute Gasteiger partial charge is 0.127 e. The zero-order valence-corrected chi connectivity index (χ0v) is 10.6. The third-order valence-corrected chi connectivity index (χ3v) is 2.87. The maximum absolute atomic E-state index is 13.9. The second kappa shape index (κ2) is 5.64. The van der Waals surface area contributed by atoms with E-state index in [0.717, 1.165) is 5.56 Å². The summed E-state index contributed by atoms with van der Waals surface area (Å²) >= 11 is 0. The number of aliphatic hydroxyl groups excluding tert-OH is 1. The van der Waals surface area contributed by atoms with Gasteiger partial charge in [-0.15, -0.1) is 6.42 Å². The SMILES string of the molecule is C#CC(O)Cc1ccc(-c2ccc(C)cn2)cc1F. The zero-order chi connectivity index (χ0) is 13.8. The first-order valence-electron chi connectivity index (χ1n) is 5.96. The second-order valence-electron chi connectivity index (χ2n) is 4.41. The van der Waals surface area contributed by atoms with Gasteiger partial charge in [-0.3, -0.25) is 4.98 Å². The molecule has 0 saturated carbocycles. The van der Waals surface area contributed by atoms with Gasteiger partial charge in [0.05, 0.1) is 5.69 Å². The van der Waals surface area contributed by atoms with Gasteiger partial charge in [0.2, 0.25) is 0 Å². The van der Waals surface area contributed by atoms with Gasteiger partial charge < -0.3 is 5.11 Å². The molecule has 0 bridgehead atoms. The van der Waals surface area contributed by atoms with E-state index in [-0.39, 0.29) is 12.2 Å². The standard InChI is InChI=1S/C16H14FNO/c1-3-14(19)8-12-5-6-13(9-15(12)17)16-7-4-11(2)10-18-16/h1,4-7,9-10,14,19H,8H2,2H3. The summed E-state index contributed by atoms with van der Waals surface area (Å²) in [7, 11) is 0. The molecule has 1 N–H and O–H groups in total. The molecule has 1 aromatic heterocycles. The van der Waals surface area contributed by atoms with E-state index < -0.39 is 6.10 Å². The van der Waals surface area contributed by atoms with Crippen LogP contribution >= 0.6 is 0 Å². The minimum absolute atomic E-state index is 0.115. The Morgan fingerprint density at radius 1 is 1.37 bits per heavy atom. The Hall–Kier alpha value is -2.18. The molecule has 1 atom stereocenters. The lowest BCUT2D eigenvalue weighted by Gasteiger charge is -2.07. The van der Waals surface area contributed by atoms with Crippen molar-refractivity contribution in [2.24, 2.45) is 0 Å². The van der Waals surface area contributed by atoms with Crippen molar-refractivity contribution in [1.29, 1.82) is 0 Å². The molecule has 0 aliphatic rings. The van der Waals surface area contributed by atoms with Gasteiger partial charge >= 0.3 is 0 Å². The highest BCUT2D eigenvalue weighted by molar-refractivity contribution is 5.59. The average Bonchev–Trinajstić information content (AvgIpc) is 2.41. The third kappa shape index (κ3) is 3.18. The van der Waals surface area contributed by atoms with Crippen molar-refractivity contribution >= 4 is 0 Å². The summed E-state index contributed by atoms with van der Waals surface area (Å²) < 4.78 is 13.9. The Kier molecular flexibility index (Phi) is 3.94. The first kappa shape index (κ1) is 13.3. The molecule has 0 saturated heterocycles. The molecule has 2 rings (SSSR count). The van der Waals surface area contributed by atoms with E-state index in [1.165, 1.54) is 6.07 Å². The van der Waals surface area contributed by atoms with E-state index in [2.05, 4.69) is 10.9 Å². The van der Waals surface area contributed by atoms with Crippen LogP contribution in [0.4, 0.5) is 4.39 Å². The van der Waals surface area contributed by atoms with Crippen molar-refractivity contribution in [2.75, 3.05) is 0 Å². The Morgan fingerprint density at radius 2 is 2.16 bits per heavy atom. The fourth-order valence-corrected chi connectivity index (χ4v) is 1.78. The molecule has 0 aliphatic carbocycles. The molecular weight excluding hydrogens is 241 g/mol. The summed E-state index contributed by atoms with van der Waals surface area (Å²) in [6.45, 7) is 1.95. The highest BCUT2D eigenvalue weighted by atomic mass is 19.1. The lowest BCUT2D eigenvalue weighted by atomic mass is 10.0. The van der Waals surface area contributed by atoms with Gasteiger partial charge in [-0.25, -0.2) is 4.39 Å². The highest BCUT2D eigenvalue weighted by Crippen LogP contribution is 2.21. The van der Waals surface area contributed by atoms with E-state index in [4.69, 9.17) is 6.42 Å². The molecule has 0 fully saturated rings. The lowest BCUT2D eigenvalue weighted by Crippen LogP contribution is -2.08. The molecule has 1 unspecified atom stereocenters. The molecule has 1 aromatic carbocycles. The highest BCUT2D eigenvalue weighted by Gasteiger charge is 2.09. The minimum atomic E-state index is -0.960. The number of hydrogen-bond donors (Lipinski definition) is 1. The second-order valence-corrected chi connectivity index (χ2v) is 4.41. The fraction of sp³-hybridized carbons (Fsp3) is 0.188. The van der Waals surface area contributed by atoms with Crippen LogP contribution in [-0.4, -0.2) is 16.2 Å². The lowest BCUT2D eigenvalue weighted by molar-refractivity contribution is 0.232. The van der Waals surface area contributed by atoms with Gasteiger partial charge in [0.1, 0.15) is 11.9 Å². The van der Waals surface area contributed by atoms with Gasteiger partial charge in [0, 0.05) is 18.2 Å². The van der Waals surface area contributed by atoms with Crippen LogP contribution in [0.15, 0.2) is 36.5 Å². The molecule has 19 heavy (non-hydrogen) atoms. The van der Waals surface area contributed by atoms with E-state index in [0.29, 0.717) is 16.8 Å². The van der Waals surface area contributed by atoms with Crippen LogP contribution in [0.25, 0.3) is 11.3 Å². The number of pyridine rings is 1. The third-order valence-electron chi connectivity index (χ3n) is 2.87. The van der Waals surface area contributed by atoms with Crippen LogP contribution in [-0.2, 0) is 6.42 Å². The minimum Gasteiger partial charge on any atom is -0.380 e. The van der Waals surface area contributed by atoms with Crippen molar-refractivity contribution in [3.05, 3.63) is 53.5 Å². The summed E-state index contributed by atoms with van der Waals surface area (Å²) in [5, 5.41) is 9.34. The van der Waals surface area contributed by atoms with E-state index in [1.54, 1.807) is 18.3 Å². The molecule has 1 heterocycles. The number of aryl methyl sites for hydroxylation is 1. The van der Waals surface area contributed by atoms with Gasteiger partial charge in [-0.2, -0.15) is 0 Å². The number of terminal acetylenes is 1. The number of halogens is 1. The number of hydrogen-bond acceptors (Lipinski definition) is 2. The van der Waals surface area contributed by atoms with Crippen molar-refractivity contribution in [1.82, 2.24) is 4.98 Å². The van der Waals surface area contributed by atoms with Crippen molar-refractivity contribution in [3.63, 3.8) is 0 Å². The number of rotatable bonds is 3. The maximum Gasteiger partial charge on any atom is 0.127 e. The first-order valence-corrected chi connectivity index (χ1v) is 5.96. The Labute approximate surface area is 111 Å². The summed E-state index contributed by atoms with van der Waals surface area (Å²) in [5.74, 6) is 1.79. The van der Waals surface area contributed by atoms with Crippen molar-refractivity contribution < 1.29 is 9.50 Å². The number of nitrogens with zero attached hydrogens (tertiary/aromatic N) is 1. The van der Waals surface area contributed by atoms with Gasteiger partial charge in [-0.1, -0.05) is 24.1 Å². The van der Waals surface area contributed by atoms with Gasteiger partial charge in [0.25, 0.3) is 0 Å². The van der Waals surface area contributed by atoms with Gasteiger partial charge in [-0.05, 0) is 30.2 Å². The van der Waals surface area contributed by atoms with E-state index in [9.17, 15) is 9.50 Å². The molecule has 0 radical (unpaired) electrons. The van der Waals surface area contributed by atoms with Crippen LogP contribution in [0, 0.1) is 25.1 Å². The Bertz CT molecular complexity index is 614. The maximum atomic E-state index is 13.9. The van der Waals surface area contributed by atoms with Crippen molar-refractivity contribution in [3.8, 4) is 23.6 Å². The van der Waals surface area contributed by atoms with E-state index >= 15 is 0 Å². The summed E-state index contributed by atoms with van der Waals surface area (Å²) in [5.41, 5.74) is 2.88. The number of aliphatic hydroxyl groups is 1. The van der Waals surface area contributed by atoms with Gasteiger partial charge in [0.15, 0.2) is 0 Å². The zero-order valence-electron chi connectivity index (χ0n) is 10.6. The molecule has 2 nitrogen and oxygen atoms in total. The fourth-order valence-electron chi connectivity index (χ4n) is 1.78. The molecule has 96 valence electrons. The van der Waals surface area contributed by atoms with Crippen molar-refractivity contribution in [2.45, 2.75) is 19.4 Å². The van der Waals surface area contributed by atoms with Crippen LogP contribution < -0.4 is 0 Å². The molecule has 3 heteroatoms. The molecule has 0 spiro atoms. The number of aromatic nitrogens is 1. The summed E-state index contributed by atoms with van der Waals surface area (Å²) in [6.07, 6.45) is 5.97. The Balaban J connectivity index is 2.28. The predicted octanol–water partition coefficient (Wildman–Crippen LogP) is 2.73. The molecular formula is C16H14FNO. The average molecular weight is 255 g/mol. The quantitative estimate of drug-likeness (QED) is 0.855. The first-order chi connectivity index (χ1) is 9.10. The molecule has 0 amide bonds. The molecule has 2 aromatic rings. The monoisotopic (exact) mass is 255 g/mol. The van der Waals surface area contributed by atoms with Crippen LogP contribution in [0.5, 0.6) is 0 Å². The van der Waals surface area contributed by atoms with Crippen LogP contribution in [0.3, 0.4) is 0 Å². The summed E-state index contributed by atoms with van der Waals surface area (Å²) in [6, 6.07) is 8.60. The van der Waals surface area contributed by atoms with Crippen LogP contribution in [0.2, 0.25) is 0 Å². The Morgan fingerprint density at radius 3 is 2.74 bits per heavy atom. The number of benzene rings is 1.